The van der Waals surface area contributed by atoms with Crippen molar-refractivity contribution >= 4 is 0 Å². The molecule has 2 nitrogen and oxygen atoms in total. The maximum absolute atomic E-state index is 6.13. The average Bonchev–Trinajstić information content (AvgIpc) is 2.47. The van der Waals surface area contributed by atoms with E-state index < -0.39 is 0 Å². The van der Waals surface area contributed by atoms with Gasteiger partial charge in [0, 0.05) is 17.2 Å². The van der Waals surface area contributed by atoms with Gasteiger partial charge in [0.1, 0.15) is 25.6 Å². The first-order chi connectivity index (χ1) is 10.0. The van der Waals surface area contributed by atoms with Crippen LogP contribution in [0.3, 0.4) is 0 Å². The fraction of sp³-hybridized carbons (Fsp3) is 0.211. The van der Waals surface area contributed by atoms with Gasteiger partial charge >= 0.3 is 0 Å². The molecule has 2 heteroatoms. The normalized spacial score (nSPS) is 10.9. The average molecular weight is 278 g/mol. The van der Waals surface area contributed by atoms with Gasteiger partial charge in [0.2, 0.25) is 5.36 Å². The molecule has 0 unspecified atom stereocenters. The molecule has 21 heavy (non-hydrogen) atoms. The van der Waals surface area contributed by atoms with E-state index in [-0.39, 0.29) is 0 Å². The largest absolute Gasteiger partial charge is 0.456 e. The Morgan fingerprint density at radius 2 is 1.52 bits per heavy atom. The molecule has 1 aromatic carbocycles. The molecule has 3 rings (SSSR count). The smallest absolute Gasteiger partial charge is 0.203 e. The molecule has 0 saturated carbocycles. The second kappa shape index (κ2) is 5.21. The van der Waals surface area contributed by atoms with Crippen molar-refractivity contribution in [2.45, 2.75) is 13.8 Å². The standard InChI is InChI=1S/C19H20NO/c1-13-5-7-15(8-6-13)18-11-14(2)17-10-9-16(20(3)4)12-19(17)21-18/h5-12H,1-4H3/q+1. The highest BCUT2D eigenvalue weighted by atomic mass is 16.3. The van der Waals surface area contributed by atoms with E-state index in [4.69, 9.17) is 4.42 Å². The van der Waals surface area contributed by atoms with Crippen LogP contribution in [0.2, 0.25) is 0 Å². The van der Waals surface area contributed by atoms with Gasteiger partial charge in [0.25, 0.3) is 0 Å². The molecule has 0 amide bonds. The van der Waals surface area contributed by atoms with Crippen LogP contribution in [0, 0.1) is 13.8 Å². The third kappa shape index (κ3) is 2.62. The minimum Gasteiger partial charge on any atom is -0.456 e. The Balaban J connectivity index is 2.24. The molecule has 0 radical (unpaired) electrons. The van der Waals surface area contributed by atoms with Crippen LogP contribution in [0.25, 0.3) is 22.6 Å². The number of hydrogen-bond acceptors (Lipinski definition) is 1. The number of fused-ring (bicyclic) bond motifs is 1. The van der Waals surface area contributed by atoms with Crippen molar-refractivity contribution in [2.75, 3.05) is 14.1 Å². The molecule has 1 aliphatic heterocycles. The molecule has 106 valence electrons. The Morgan fingerprint density at radius 3 is 2.19 bits per heavy atom. The van der Waals surface area contributed by atoms with Gasteiger partial charge in [0.15, 0.2) is 0 Å². The summed E-state index contributed by atoms with van der Waals surface area (Å²) >= 11 is 0. The lowest BCUT2D eigenvalue weighted by molar-refractivity contribution is 0.577. The van der Waals surface area contributed by atoms with Gasteiger partial charge in [-0.15, -0.1) is 0 Å². The van der Waals surface area contributed by atoms with Crippen molar-refractivity contribution in [1.29, 1.82) is 0 Å². The fourth-order valence-corrected chi connectivity index (χ4v) is 2.48. The van der Waals surface area contributed by atoms with Crippen LogP contribution in [0.1, 0.15) is 11.1 Å². The first-order valence-electron chi connectivity index (χ1n) is 7.16. The van der Waals surface area contributed by atoms with Crippen LogP contribution >= 0.6 is 0 Å². The number of nitrogens with zero attached hydrogens (tertiary/aromatic N) is 1. The summed E-state index contributed by atoms with van der Waals surface area (Å²) in [7, 11) is 4.08. The van der Waals surface area contributed by atoms with E-state index >= 15 is 0 Å². The van der Waals surface area contributed by atoms with Gasteiger partial charge in [-0.3, -0.25) is 0 Å². The Labute approximate surface area is 125 Å². The zero-order valence-corrected chi connectivity index (χ0v) is 13.0. The number of rotatable bonds is 1. The van der Waals surface area contributed by atoms with Crippen LogP contribution in [0.15, 0.2) is 52.9 Å². The van der Waals surface area contributed by atoms with E-state index in [1.54, 1.807) is 0 Å². The third-order valence-corrected chi connectivity index (χ3v) is 3.81. The van der Waals surface area contributed by atoms with Gasteiger partial charge in [0.05, 0.1) is 6.07 Å². The summed E-state index contributed by atoms with van der Waals surface area (Å²) in [5.41, 5.74) is 4.76. The SMILES string of the molecule is Cc1ccc(-c2cc(C)c3ccc(=[N+](C)C)cc-3o2)cc1. The van der Waals surface area contributed by atoms with Crippen molar-refractivity contribution in [1.82, 2.24) is 4.58 Å². The maximum atomic E-state index is 6.13. The molecule has 0 bridgehead atoms. The second-order valence-electron chi connectivity index (χ2n) is 5.73. The quantitative estimate of drug-likeness (QED) is 0.620. The second-order valence-corrected chi connectivity index (χ2v) is 5.73. The van der Waals surface area contributed by atoms with Crippen molar-refractivity contribution < 1.29 is 4.42 Å². The van der Waals surface area contributed by atoms with Crippen LogP contribution in [-0.4, -0.2) is 14.1 Å². The molecule has 0 saturated heterocycles. The van der Waals surface area contributed by atoms with Gasteiger partial charge in [-0.2, -0.15) is 0 Å². The summed E-state index contributed by atoms with van der Waals surface area (Å²) < 4.78 is 8.22. The lowest BCUT2D eigenvalue weighted by Gasteiger charge is -2.11. The fourth-order valence-electron chi connectivity index (χ4n) is 2.48. The lowest BCUT2D eigenvalue weighted by Crippen LogP contribution is -2.21. The monoisotopic (exact) mass is 278 g/mol. The van der Waals surface area contributed by atoms with E-state index in [1.165, 1.54) is 11.1 Å². The Hall–Kier alpha value is -2.35. The topological polar surface area (TPSA) is 16.1 Å². The van der Waals surface area contributed by atoms with E-state index in [0.717, 1.165) is 28.0 Å². The highest BCUT2D eigenvalue weighted by Crippen LogP contribution is 2.31. The molecular weight excluding hydrogens is 258 g/mol. The molecule has 0 fully saturated rings. The molecule has 1 aliphatic carbocycles. The molecule has 0 N–H and O–H groups in total. The summed E-state index contributed by atoms with van der Waals surface area (Å²) in [5, 5.41) is 1.15. The molecule has 1 heterocycles. The van der Waals surface area contributed by atoms with E-state index in [9.17, 15) is 0 Å². The Morgan fingerprint density at radius 1 is 0.810 bits per heavy atom. The summed E-state index contributed by atoms with van der Waals surface area (Å²) in [4.78, 5) is 0. The van der Waals surface area contributed by atoms with Crippen molar-refractivity contribution in [3.63, 3.8) is 0 Å². The highest BCUT2D eigenvalue weighted by Gasteiger charge is 2.12. The van der Waals surface area contributed by atoms with Gasteiger partial charge < -0.3 is 4.42 Å². The molecular formula is C19H20NO+. The number of hydrogen-bond donors (Lipinski definition) is 0. The van der Waals surface area contributed by atoms with Crippen molar-refractivity contribution in [2.24, 2.45) is 0 Å². The first-order valence-corrected chi connectivity index (χ1v) is 7.16. The van der Waals surface area contributed by atoms with E-state index in [1.807, 2.05) is 14.1 Å². The van der Waals surface area contributed by atoms with Gasteiger partial charge in [-0.05, 0) is 31.5 Å². The Bertz CT molecular complexity index is 821. The summed E-state index contributed by atoms with van der Waals surface area (Å²) in [5.74, 6) is 1.84. The Kier molecular flexibility index (Phi) is 3.38. The lowest BCUT2D eigenvalue weighted by atomic mass is 10.0. The molecule has 0 atom stereocenters. The maximum Gasteiger partial charge on any atom is 0.203 e. The third-order valence-electron chi connectivity index (χ3n) is 3.81. The van der Waals surface area contributed by atoms with E-state index in [0.29, 0.717) is 0 Å². The predicted molar refractivity (Wildman–Crippen MR) is 87.4 cm³/mol. The number of aryl methyl sites for hydroxylation is 2. The summed E-state index contributed by atoms with van der Waals surface area (Å²) in [6, 6.07) is 16.9. The predicted octanol–water partition coefficient (Wildman–Crippen LogP) is 3.70. The minimum atomic E-state index is 0.913. The molecule has 0 aromatic heterocycles. The van der Waals surface area contributed by atoms with E-state index in [2.05, 4.69) is 67.0 Å². The van der Waals surface area contributed by atoms with Crippen molar-refractivity contribution in [3.8, 4) is 22.6 Å². The van der Waals surface area contributed by atoms with Crippen LogP contribution in [-0.2, 0) is 0 Å². The molecule has 0 spiro atoms. The molecule has 2 aliphatic rings. The zero-order chi connectivity index (χ0) is 15.0. The van der Waals surface area contributed by atoms with Crippen LogP contribution in [0.5, 0.6) is 0 Å². The van der Waals surface area contributed by atoms with Crippen LogP contribution < -0.4 is 9.93 Å². The summed E-state index contributed by atoms with van der Waals surface area (Å²) in [6.07, 6.45) is 0. The number of benzene rings is 2. The molecule has 1 aromatic rings. The van der Waals surface area contributed by atoms with Crippen LogP contribution in [0.4, 0.5) is 0 Å². The highest BCUT2D eigenvalue weighted by molar-refractivity contribution is 5.68. The first kappa shape index (κ1) is 13.6. The van der Waals surface area contributed by atoms with Gasteiger partial charge in [-0.1, -0.05) is 29.8 Å². The zero-order valence-electron chi connectivity index (χ0n) is 13.0. The minimum absolute atomic E-state index is 0.913. The van der Waals surface area contributed by atoms with Gasteiger partial charge in [-0.25, -0.2) is 4.58 Å². The summed E-state index contributed by atoms with van der Waals surface area (Å²) in [6.45, 7) is 4.22. The van der Waals surface area contributed by atoms with Crippen molar-refractivity contribution in [3.05, 3.63) is 65.0 Å².